The average molecular weight is 369 g/mol. The highest BCUT2D eigenvalue weighted by molar-refractivity contribution is 8.04. The molecule has 5 heteroatoms. The van der Waals surface area contributed by atoms with Crippen LogP contribution < -0.4 is 0 Å². The Labute approximate surface area is 158 Å². The molecule has 0 N–H and O–H groups in total. The van der Waals surface area contributed by atoms with E-state index in [1.54, 1.807) is 12.1 Å². The van der Waals surface area contributed by atoms with Crippen molar-refractivity contribution in [1.82, 2.24) is 4.90 Å². The lowest BCUT2D eigenvalue weighted by atomic mass is 9.89. The Morgan fingerprint density at radius 1 is 1.00 bits per heavy atom. The van der Waals surface area contributed by atoms with Crippen LogP contribution in [-0.2, 0) is 9.53 Å². The molecule has 4 nitrogen and oxygen atoms in total. The summed E-state index contributed by atoms with van der Waals surface area (Å²) in [5.74, 6) is 0.617. The van der Waals surface area contributed by atoms with E-state index in [0.717, 1.165) is 43.3 Å². The van der Waals surface area contributed by atoms with Crippen LogP contribution in [0.15, 0.2) is 29.2 Å². The number of Topliss-reactive ketones (excluding diaryl/α,β-unsaturated/α-hetero) is 2. The molecule has 26 heavy (non-hydrogen) atoms. The molecule has 2 aliphatic carbocycles. The molecule has 1 saturated carbocycles. The van der Waals surface area contributed by atoms with Gasteiger partial charge in [0.05, 0.1) is 0 Å². The summed E-state index contributed by atoms with van der Waals surface area (Å²) in [4.78, 5) is 28.0. The number of likely N-dealkylation sites (tertiary alicyclic amines) is 1. The second-order valence-electron chi connectivity index (χ2n) is 7.91. The van der Waals surface area contributed by atoms with Crippen molar-refractivity contribution in [2.45, 2.75) is 50.2 Å². The zero-order chi connectivity index (χ0) is 17.7. The molecule has 1 aromatic carbocycles. The lowest BCUT2D eigenvalue weighted by molar-refractivity contribution is -0.111. The summed E-state index contributed by atoms with van der Waals surface area (Å²) < 4.78 is 6.53. The van der Waals surface area contributed by atoms with Gasteiger partial charge in [0, 0.05) is 48.9 Å². The van der Waals surface area contributed by atoms with E-state index in [-0.39, 0.29) is 5.60 Å². The fourth-order valence-corrected chi connectivity index (χ4v) is 6.09. The largest absolute Gasteiger partial charge is 0.484 e. The quantitative estimate of drug-likeness (QED) is 0.707. The van der Waals surface area contributed by atoms with Gasteiger partial charge in [0.2, 0.25) is 11.6 Å². The Kier molecular flexibility index (Phi) is 3.98. The van der Waals surface area contributed by atoms with E-state index in [4.69, 9.17) is 4.74 Å². The first kappa shape index (κ1) is 16.6. The molecule has 4 aliphatic rings. The molecule has 0 atom stereocenters. The number of ketones is 2. The zero-order valence-corrected chi connectivity index (χ0v) is 15.6. The number of carbonyl (C=O) groups excluding carboxylic acids is 2. The lowest BCUT2D eigenvalue weighted by Gasteiger charge is -2.46. The molecule has 136 valence electrons. The second-order valence-corrected chi connectivity index (χ2v) is 8.90. The number of ether oxygens (including phenoxy) is 1. The predicted octanol–water partition coefficient (Wildman–Crippen LogP) is 3.66. The van der Waals surface area contributed by atoms with Gasteiger partial charge in [-0.25, -0.2) is 0 Å². The van der Waals surface area contributed by atoms with Crippen LogP contribution in [0.1, 0.15) is 54.4 Å². The van der Waals surface area contributed by atoms with Crippen molar-refractivity contribution in [1.29, 1.82) is 0 Å². The third-order valence-corrected chi connectivity index (χ3v) is 7.71. The highest BCUT2D eigenvalue weighted by Crippen LogP contribution is 2.47. The molecule has 2 aliphatic heterocycles. The van der Waals surface area contributed by atoms with Gasteiger partial charge >= 0.3 is 0 Å². The van der Waals surface area contributed by atoms with Crippen molar-refractivity contribution in [2.75, 3.05) is 18.8 Å². The first-order valence-corrected chi connectivity index (χ1v) is 10.6. The highest BCUT2D eigenvalue weighted by Gasteiger charge is 2.46. The van der Waals surface area contributed by atoms with Gasteiger partial charge in [0.25, 0.3) is 0 Å². The number of hydrogen-bond donors (Lipinski definition) is 0. The van der Waals surface area contributed by atoms with Gasteiger partial charge in [-0.15, -0.1) is 11.8 Å². The van der Waals surface area contributed by atoms with Gasteiger partial charge in [0.1, 0.15) is 16.3 Å². The van der Waals surface area contributed by atoms with Crippen LogP contribution in [0.25, 0.3) is 5.76 Å². The Morgan fingerprint density at radius 3 is 2.42 bits per heavy atom. The number of allylic oxidation sites excluding steroid dienone is 1. The third kappa shape index (κ3) is 2.55. The minimum atomic E-state index is -0.401. The summed E-state index contributed by atoms with van der Waals surface area (Å²) in [6.07, 6.45) is 7.39. The number of thioether (sulfide) groups is 1. The first-order valence-electron chi connectivity index (χ1n) is 9.65. The SMILES string of the molecule is O=C1C(=O)c2ccccc2C2=C1SCC1(CCN(C3CCCC3)CC1)O2. The number of rotatable bonds is 1. The maximum absolute atomic E-state index is 12.5. The van der Waals surface area contributed by atoms with Gasteiger partial charge < -0.3 is 9.64 Å². The topological polar surface area (TPSA) is 46.6 Å². The maximum Gasteiger partial charge on any atom is 0.243 e. The Hall–Kier alpha value is -1.59. The molecule has 0 amide bonds. The van der Waals surface area contributed by atoms with Crippen LogP contribution in [0.2, 0.25) is 0 Å². The highest BCUT2D eigenvalue weighted by atomic mass is 32.2. The number of piperidine rings is 1. The van der Waals surface area contributed by atoms with Crippen molar-refractivity contribution in [3.63, 3.8) is 0 Å². The summed E-state index contributed by atoms with van der Waals surface area (Å²) in [6.45, 7) is 2.14. The molecular weight excluding hydrogens is 346 g/mol. The van der Waals surface area contributed by atoms with E-state index >= 15 is 0 Å². The zero-order valence-electron chi connectivity index (χ0n) is 14.8. The van der Waals surface area contributed by atoms with Gasteiger partial charge in [-0.1, -0.05) is 37.1 Å². The lowest BCUT2D eigenvalue weighted by Crippen LogP contribution is -2.51. The monoisotopic (exact) mass is 369 g/mol. The maximum atomic E-state index is 12.5. The molecule has 0 aromatic heterocycles. The van der Waals surface area contributed by atoms with Gasteiger partial charge in [-0.2, -0.15) is 0 Å². The molecule has 1 spiro atoms. The predicted molar refractivity (Wildman–Crippen MR) is 102 cm³/mol. The molecule has 2 fully saturated rings. The normalized spacial score (nSPS) is 26.0. The van der Waals surface area contributed by atoms with Crippen LogP contribution in [-0.4, -0.2) is 47.0 Å². The molecule has 2 heterocycles. The van der Waals surface area contributed by atoms with E-state index in [0.29, 0.717) is 16.2 Å². The number of nitrogens with zero attached hydrogens (tertiary/aromatic N) is 1. The summed E-state index contributed by atoms with van der Waals surface area (Å²) in [5, 5.41) is 0. The first-order chi connectivity index (χ1) is 12.7. The molecule has 0 bridgehead atoms. The minimum Gasteiger partial charge on any atom is -0.484 e. The molecule has 0 unspecified atom stereocenters. The van der Waals surface area contributed by atoms with Crippen LogP contribution in [0, 0.1) is 0 Å². The van der Waals surface area contributed by atoms with Gasteiger partial charge in [0.15, 0.2) is 0 Å². The van der Waals surface area contributed by atoms with E-state index in [9.17, 15) is 9.59 Å². The fraction of sp³-hybridized carbons (Fsp3) is 0.524. The van der Waals surface area contributed by atoms with Crippen molar-refractivity contribution in [3.05, 3.63) is 40.3 Å². The van der Waals surface area contributed by atoms with E-state index in [2.05, 4.69) is 4.90 Å². The van der Waals surface area contributed by atoms with Gasteiger partial charge in [-0.3, -0.25) is 9.59 Å². The smallest absolute Gasteiger partial charge is 0.243 e. The molecule has 0 radical (unpaired) electrons. The minimum absolute atomic E-state index is 0.202. The van der Waals surface area contributed by atoms with E-state index in [1.165, 1.54) is 37.4 Å². The second kappa shape index (κ2) is 6.24. The third-order valence-electron chi connectivity index (χ3n) is 6.38. The molecule has 1 aromatic rings. The average Bonchev–Trinajstić information content (AvgIpc) is 3.21. The number of carbonyl (C=O) groups is 2. The van der Waals surface area contributed by atoms with E-state index in [1.807, 2.05) is 12.1 Å². The van der Waals surface area contributed by atoms with Gasteiger partial charge in [-0.05, 0) is 12.8 Å². The van der Waals surface area contributed by atoms with Crippen LogP contribution >= 0.6 is 11.8 Å². The standard InChI is InChI=1S/C21H23NO3S/c23-17-15-7-3-4-8-16(15)19-20(18(17)24)26-13-21(25-19)9-11-22(12-10-21)14-5-1-2-6-14/h3-4,7-8,14H,1-2,5-6,9-13H2. The van der Waals surface area contributed by atoms with Crippen LogP contribution in [0.4, 0.5) is 0 Å². The van der Waals surface area contributed by atoms with Crippen LogP contribution in [0.5, 0.6) is 0 Å². The number of fused-ring (bicyclic) bond motifs is 2. The summed E-state index contributed by atoms with van der Waals surface area (Å²) in [6, 6.07) is 8.11. The molecular formula is C21H23NO3S. The summed E-state index contributed by atoms with van der Waals surface area (Å²) in [5.41, 5.74) is 1.07. The summed E-state index contributed by atoms with van der Waals surface area (Å²) in [7, 11) is 0. The molecule has 5 rings (SSSR count). The molecule has 1 saturated heterocycles. The Morgan fingerprint density at radius 2 is 1.69 bits per heavy atom. The van der Waals surface area contributed by atoms with Crippen molar-refractivity contribution < 1.29 is 14.3 Å². The van der Waals surface area contributed by atoms with Crippen LogP contribution in [0.3, 0.4) is 0 Å². The number of hydrogen-bond acceptors (Lipinski definition) is 5. The summed E-state index contributed by atoms with van der Waals surface area (Å²) >= 11 is 1.53. The van der Waals surface area contributed by atoms with Crippen molar-refractivity contribution in [3.8, 4) is 0 Å². The van der Waals surface area contributed by atoms with Crippen molar-refractivity contribution >= 4 is 29.1 Å². The Bertz CT molecular complexity index is 801. The van der Waals surface area contributed by atoms with Crippen molar-refractivity contribution in [2.24, 2.45) is 0 Å². The fourth-order valence-electron chi connectivity index (χ4n) is 4.82. The Balaban J connectivity index is 1.41. The number of benzene rings is 1. The van der Waals surface area contributed by atoms with E-state index < -0.39 is 11.6 Å².